The van der Waals surface area contributed by atoms with Gasteiger partial charge in [0.1, 0.15) is 0 Å². The summed E-state index contributed by atoms with van der Waals surface area (Å²) in [6, 6.07) is 0.468. The molecule has 2 aliphatic heterocycles. The Kier molecular flexibility index (Phi) is 4.18. The molecule has 1 amide bonds. The molecule has 2 fully saturated rings. The highest BCUT2D eigenvalue weighted by atomic mass is 16.5. The third kappa shape index (κ3) is 2.95. The summed E-state index contributed by atoms with van der Waals surface area (Å²) >= 11 is 0. The van der Waals surface area contributed by atoms with Crippen molar-refractivity contribution in [3.8, 4) is 0 Å². The quantitative estimate of drug-likeness (QED) is 0.743. The average Bonchev–Trinajstić information content (AvgIpc) is 2.74. The van der Waals surface area contributed by atoms with Crippen LogP contribution in [-0.2, 0) is 9.53 Å². The van der Waals surface area contributed by atoms with Gasteiger partial charge in [-0.1, -0.05) is 6.42 Å². The van der Waals surface area contributed by atoms with E-state index in [1.165, 1.54) is 19.3 Å². The molecule has 16 heavy (non-hydrogen) atoms. The minimum absolute atomic E-state index is 0.0589. The molecule has 2 heterocycles. The number of amides is 1. The van der Waals surface area contributed by atoms with Gasteiger partial charge in [-0.25, -0.2) is 0 Å². The summed E-state index contributed by atoms with van der Waals surface area (Å²) in [5.74, 6) is 0.223. The summed E-state index contributed by atoms with van der Waals surface area (Å²) in [5, 5.41) is 6.47. The molecule has 2 aliphatic rings. The van der Waals surface area contributed by atoms with Gasteiger partial charge < -0.3 is 15.4 Å². The van der Waals surface area contributed by atoms with Gasteiger partial charge in [0.25, 0.3) is 0 Å². The van der Waals surface area contributed by atoms with Crippen molar-refractivity contribution < 1.29 is 9.53 Å². The molecule has 0 spiro atoms. The van der Waals surface area contributed by atoms with Crippen LogP contribution in [0.4, 0.5) is 0 Å². The summed E-state index contributed by atoms with van der Waals surface area (Å²) in [4.78, 5) is 11.9. The Morgan fingerprint density at radius 3 is 2.94 bits per heavy atom. The van der Waals surface area contributed by atoms with Crippen LogP contribution in [0.3, 0.4) is 0 Å². The summed E-state index contributed by atoms with van der Waals surface area (Å²) < 4.78 is 5.40. The van der Waals surface area contributed by atoms with Gasteiger partial charge in [0.05, 0.1) is 12.0 Å². The molecule has 0 radical (unpaired) electrons. The number of hydrogen-bond donors (Lipinski definition) is 2. The van der Waals surface area contributed by atoms with Gasteiger partial charge in [-0.3, -0.25) is 4.79 Å². The zero-order chi connectivity index (χ0) is 11.4. The predicted octanol–water partition coefficient (Wildman–Crippen LogP) is 0.670. The van der Waals surface area contributed by atoms with Crippen LogP contribution in [0.15, 0.2) is 0 Å². The van der Waals surface area contributed by atoms with Crippen molar-refractivity contribution in [1.29, 1.82) is 0 Å². The number of carbonyl (C=O) groups is 1. The van der Waals surface area contributed by atoms with Gasteiger partial charge in [-0.2, -0.15) is 0 Å². The zero-order valence-electron chi connectivity index (χ0n) is 10.00. The Balaban J connectivity index is 1.70. The van der Waals surface area contributed by atoms with Gasteiger partial charge in [-0.15, -0.1) is 0 Å². The maximum atomic E-state index is 11.9. The van der Waals surface area contributed by atoms with Crippen LogP contribution >= 0.6 is 0 Å². The standard InChI is InChI=1S/C12H22N2O2/c1-9-11(5-7-16-9)12(15)14-8-10-4-2-3-6-13-10/h9-11,13H,2-8H2,1H3,(H,14,15). The number of piperidine rings is 1. The molecule has 2 N–H and O–H groups in total. The van der Waals surface area contributed by atoms with Gasteiger partial charge in [0.15, 0.2) is 0 Å². The number of rotatable bonds is 3. The largest absolute Gasteiger partial charge is 0.378 e. The highest BCUT2D eigenvalue weighted by molar-refractivity contribution is 5.79. The summed E-state index contributed by atoms with van der Waals surface area (Å²) in [6.45, 7) is 4.56. The second kappa shape index (κ2) is 5.64. The first-order valence-electron chi connectivity index (χ1n) is 6.40. The molecule has 3 atom stereocenters. The van der Waals surface area contributed by atoms with Crippen molar-refractivity contribution in [1.82, 2.24) is 10.6 Å². The lowest BCUT2D eigenvalue weighted by molar-refractivity contribution is -0.126. The smallest absolute Gasteiger partial charge is 0.225 e. The fraction of sp³-hybridized carbons (Fsp3) is 0.917. The Bertz CT molecular complexity index is 239. The molecule has 3 unspecified atom stereocenters. The maximum absolute atomic E-state index is 11.9. The van der Waals surface area contributed by atoms with Crippen LogP contribution in [0.1, 0.15) is 32.6 Å². The van der Waals surface area contributed by atoms with E-state index < -0.39 is 0 Å². The number of carbonyl (C=O) groups excluding carboxylic acids is 1. The van der Waals surface area contributed by atoms with Gasteiger partial charge >= 0.3 is 0 Å². The van der Waals surface area contributed by atoms with Crippen LogP contribution in [0.2, 0.25) is 0 Å². The molecular weight excluding hydrogens is 204 g/mol. The fourth-order valence-corrected chi connectivity index (χ4v) is 2.53. The fourth-order valence-electron chi connectivity index (χ4n) is 2.53. The first-order valence-corrected chi connectivity index (χ1v) is 6.40. The van der Waals surface area contributed by atoms with E-state index in [9.17, 15) is 4.79 Å². The summed E-state index contributed by atoms with van der Waals surface area (Å²) in [5.41, 5.74) is 0. The molecular formula is C12H22N2O2. The molecule has 0 aliphatic carbocycles. The molecule has 2 rings (SSSR count). The van der Waals surface area contributed by atoms with Crippen LogP contribution in [0.5, 0.6) is 0 Å². The SMILES string of the molecule is CC1OCCC1C(=O)NCC1CCCCN1. The Hall–Kier alpha value is -0.610. The van der Waals surface area contributed by atoms with E-state index in [-0.39, 0.29) is 17.9 Å². The predicted molar refractivity (Wildman–Crippen MR) is 62.2 cm³/mol. The topological polar surface area (TPSA) is 50.4 Å². The van der Waals surface area contributed by atoms with E-state index in [4.69, 9.17) is 4.74 Å². The monoisotopic (exact) mass is 226 g/mol. The molecule has 92 valence electrons. The number of ether oxygens (including phenoxy) is 1. The summed E-state index contributed by atoms with van der Waals surface area (Å²) in [6.07, 6.45) is 4.66. The van der Waals surface area contributed by atoms with Crippen molar-refractivity contribution >= 4 is 5.91 Å². The van der Waals surface area contributed by atoms with Crippen molar-refractivity contribution in [3.05, 3.63) is 0 Å². The molecule has 2 saturated heterocycles. The Labute approximate surface area is 97.1 Å². The lowest BCUT2D eigenvalue weighted by atomic mass is 10.0. The van der Waals surface area contributed by atoms with Crippen LogP contribution < -0.4 is 10.6 Å². The van der Waals surface area contributed by atoms with Crippen LogP contribution in [0.25, 0.3) is 0 Å². The van der Waals surface area contributed by atoms with E-state index in [1.807, 2.05) is 6.92 Å². The van der Waals surface area contributed by atoms with E-state index in [0.717, 1.165) is 26.1 Å². The Morgan fingerprint density at radius 2 is 2.31 bits per heavy atom. The summed E-state index contributed by atoms with van der Waals surface area (Å²) in [7, 11) is 0. The molecule has 4 nitrogen and oxygen atoms in total. The average molecular weight is 226 g/mol. The zero-order valence-corrected chi connectivity index (χ0v) is 10.00. The van der Waals surface area contributed by atoms with Crippen LogP contribution in [0, 0.1) is 5.92 Å². The minimum atomic E-state index is 0.0589. The Morgan fingerprint density at radius 1 is 1.44 bits per heavy atom. The molecule has 0 bridgehead atoms. The molecule has 0 saturated carbocycles. The molecule has 0 aromatic rings. The third-order valence-electron chi connectivity index (χ3n) is 3.65. The van der Waals surface area contributed by atoms with Crippen molar-refractivity contribution in [2.45, 2.75) is 44.8 Å². The highest BCUT2D eigenvalue weighted by Crippen LogP contribution is 2.20. The van der Waals surface area contributed by atoms with Gasteiger partial charge in [-0.05, 0) is 32.7 Å². The molecule has 0 aromatic heterocycles. The first kappa shape index (κ1) is 11.9. The molecule has 4 heteroatoms. The van der Waals surface area contributed by atoms with Crippen molar-refractivity contribution in [3.63, 3.8) is 0 Å². The van der Waals surface area contributed by atoms with Crippen molar-refractivity contribution in [2.75, 3.05) is 19.7 Å². The van der Waals surface area contributed by atoms with Crippen molar-refractivity contribution in [2.24, 2.45) is 5.92 Å². The lowest BCUT2D eigenvalue weighted by Gasteiger charge is -2.24. The van der Waals surface area contributed by atoms with Gasteiger partial charge in [0.2, 0.25) is 5.91 Å². The maximum Gasteiger partial charge on any atom is 0.225 e. The highest BCUT2D eigenvalue weighted by Gasteiger charge is 2.30. The minimum Gasteiger partial charge on any atom is -0.378 e. The van der Waals surface area contributed by atoms with E-state index >= 15 is 0 Å². The van der Waals surface area contributed by atoms with Gasteiger partial charge in [0, 0.05) is 19.2 Å². The van der Waals surface area contributed by atoms with E-state index in [0.29, 0.717) is 6.04 Å². The second-order valence-electron chi connectivity index (χ2n) is 4.86. The normalized spacial score (nSPS) is 34.9. The van der Waals surface area contributed by atoms with E-state index in [1.54, 1.807) is 0 Å². The second-order valence-corrected chi connectivity index (χ2v) is 4.86. The lowest BCUT2D eigenvalue weighted by Crippen LogP contribution is -2.45. The number of hydrogen-bond acceptors (Lipinski definition) is 3. The van der Waals surface area contributed by atoms with E-state index in [2.05, 4.69) is 10.6 Å². The molecule has 0 aromatic carbocycles. The third-order valence-corrected chi connectivity index (χ3v) is 3.65. The van der Waals surface area contributed by atoms with Crippen LogP contribution in [-0.4, -0.2) is 37.7 Å². The first-order chi connectivity index (χ1) is 7.77. The number of nitrogens with one attached hydrogen (secondary N) is 2.